The SMILES string of the molecule is CCOC(=O)c1c(CN=[N+]=[N-])n(C)c2cc(OC)c(Br)cc12. The van der Waals surface area contributed by atoms with E-state index in [1.54, 1.807) is 27.1 Å². The number of esters is 1. The third kappa shape index (κ3) is 2.75. The molecule has 0 amide bonds. The summed E-state index contributed by atoms with van der Waals surface area (Å²) < 4.78 is 13.0. The van der Waals surface area contributed by atoms with E-state index in [-0.39, 0.29) is 13.2 Å². The van der Waals surface area contributed by atoms with Crippen LogP contribution in [0.4, 0.5) is 0 Å². The highest BCUT2D eigenvalue weighted by Gasteiger charge is 2.23. The number of rotatable bonds is 5. The quantitative estimate of drug-likeness (QED) is 0.347. The fourth-order valence-corrected chi connectivity index (χ4v) is 2.87. The van der Waals surface area contributed by atoms with Gasteiger partial charge >= 0.3 is 5.97 Å². The summed E-state index contributed by atoms with van der Waals surface area (Å²) >= 11 is 3.42. The summed E-state index contributed by atoms with van der Waals surface area (Å²) in [7, 11) is 3.38. The number of hydrogen-bond acceptors (Lipinski definition) is 4. The topological polar surface area (TPSA) is 89.2 Å². The van der Waals surface area contributed by atoms with Crippen molar-refractivity contribution in [3.8, 4) is 5.75 Å². The molecule has 1 heterocycles. The van der Waals surface area contributed by atoms with Crippen LogP contribution in [-0.4, -0.2) is 24.3 Å². The summed E-state index contributed by atoms with van der Waals surface area (Å²) in [6.45, 7) is 2.08. The minimum atomic E-state index is -0.437. The van der Waals surface area contributed by atoms with Crippen LogP contribution in [0.2, 0.25) is 0 Å². The van der Waals surface area contributed by atoms with Crippen molar-refractivity contribution < 1.29 is 14.3 Å². The predicted molar refractivity (Wildman–Crippen MR) is 86.0 cm³/mol. The average Bonchev–Trinajstić information content (AvgIpc) is 2.76. The number of fused-ring (bicyclic) bond motifs is 1. The first kappa shape index (κ1) is 16.2. The Kier molecular flexibility index (Phi) is 4.95. The molecule has 0 atom stereocenters. The van der Waals surface area contributed by atoms with Gasteiger partial charge < -0.3 is 14.0 Å². The number of methoxy groups -OCH3 is 1. The van der Waals surface area contributed by atoms with Crippen LogP contribution >= 0.6 is 15.9 Å². The van der Waals surface area contributed by atoms with Gasteiger partial charge in [-0.3, -0.25) is 0 Å². The van der Waals surface area contributed by atoms with Gasteiger partial charge in [0.1, 0.15) is 5.75 Å². The Balaban J connectivity index is 2.78. The van der Waals surface area contributed by atoms with Crippen LogP contribution in [0.3, 0.4) is 0 Å². The summed E-state index contributed by atoms with van der Waals surface area (Å²) in [5.41, 5.74) is 10.4. The summed E-state index contributed by atoms with van der Waals surface area (Å²) in [4.78, 5) is 15.1. The number of aromatic nitrogens is 1. The third-order valence-corrected chi connectivity index (χ3v) is 3.98. The maximum atomic E-state index is 12.3. The normalized spacial score (nSPS) is 10.4. The molecule has 0 unspecified atom stereocenters. The zero-order chi connectivity index (χ0) is 16.3. The molecule has 2 rings (SSSR count). The molecule has 1 aromatic carbocycles. The van der Waals surface area contributed by atoms with Crippen molar-refractivity contribution in [1.29, 1.82) is 0 Å². The number of ether oxygens (including phenoxy) is 2. The molecule has 0 saturated carbocycles. The molecule has 7 nitrogen and oxygen atoms in total. The molecule has 2 aromatic rings. The number of azide groups is 1. The zero-order valence-corrected chi connectivity index (χ0v) is 14.0. The fraction of sp³-hybridized carbons (Fsp3) is 0.357. The van der Waals surface area contributed by atoms with Gasteiger partial charge in [-0.1, -0.05) is 5.11 Å². The van der Waals surface area contributed by atoms with Crippen molar-refractivity contribution in [3.05, 3.63) is 38.3 Å². The number of nitrogens with zero attached hydrogens (tertiary/aromatic N) is 4. The van der Waals surface area contributed by atoms with E-state index in [0.29, 0.717) is 17.0 Å². The lowest BCUT2D eigenvalue weighted by Crippen LogP contribution is -2.08. The molecule has 0 aliphatic carbocycles. The molecule has 0 spiro atoms. The van der Waals surface area contributed by atoms with Crippen LogP contribution in [0.5, 0.6) is 5.75 Å². The highest BCUT2D eigenvalue weighted by molar-refractivity contribution is 9.10. The monoisotopic (exact) mass is 366 g/mol. The van der Waals surface area contributed by atoms with Gasteiger partial charge in [-0.25, -0.2) is 4.79 Å². The molecule has 0 radical (unpaired) electrons. The number of carbonyl (C=O) groups excluding carboxylic acids is 1. The van der Waals surface area contributed by atoms with E-state index >= 15 is 0 Å². The predicted octanol–water partition coefficient (Wildman–Crippen LogP) is 3.94. The second kappa shape index (κ2) is 6.72. The Hall–Kier alpha value is -2.18. The van der Waals surface area contributed by atoms with Crippen molar-refractivity contribution in [2.45, 2.75) is 13.5 Å². The maximum absolute atomic E-state index is 12.3. The van der Waals surface area contributed by atoms with Crippen LogP contribution in [0.15, 0.2) is 21.7 Å². The Morgan fingerprint density at radius 3 is 2.82 bits per heavy atom. The molecule has 0 aliphatic rings. The van der Waals surface area contributed by atoms with E-state index in [9.17, 15) is 4.79 Å². The Morgan fingerprint density at radius 2 is 2.23 bits per heavy atom. The maximum Gasteiger partial charge on any atom is 0.340 e. The molecule has 0 aliphatic heterocycles. The van der Waals surface area contributed by atoms with Crippen LogP contribution in [0, 0.1) is 0 Å². The first-order chi connectivity index (χ1) is 10.5. The summed E-state index contributed by atoms with van der Waals surface area (Å²) in [5.74, 6) is 0.215. The Bertz CT molecular complexity index is 778. The molecular formula is C14H15BrN4O3. The van der Waals surface area contributed by atoms with E-state index in [4.69, 9.17) is 15.0 Å². The van der Waals surface area contributed by atoms with Gasteiger partial charge in [-0.15, -0.1) is 0 Å². The van der Waals surface area contributed by atoms with E-state index in [0.717, 1.165) is 15.4 Å². The first-order valence-corrected chi connectivity index (χ1v) is 7.37. The van der Waals surface area contributed by atoms with Gasteiger partial charge in [0.05, 0.1) is 35.8 Å². The summed E-state index contributed by atoms with van der Waals surface area (Å²) in [6, 6.07) is 3.63. The van der Waals surface area contributed by atoms with Gasteiger partial charge in [-0.05, 0) is 34.5 Å². The standard InChI is InChI=1S/C14H15BrN4O3/c1-4-22-14(20)13-8-5-9(15)12(21-3)6-10(8)19(2)11(13)7-17-18-16/h5-6H,4,7H2,1-3H3. The lowest BCUT2D eigenvalue weighted by molar-refractivity contribution is 0.0527. The van der Waals surface area contributed by atoms with Crippen molar-refractivity contribution in [3.63, 3.8) is 0 Å². The Morgan fingerprint density at radius 1 is 1.50 bits per heavy atom. The molecule has 8 heteroatoms. The van der Waals surface area contributed by atoms with Gasteiger partial charge in [0, 0.05) is 29.1 Å². The number of aryl methyl sites for hydroxylation is 1. The minimum Gasteiger partial charge on any atom is -0.495 e. The average molecular weight is 367 g/mol. The molecule has 0 saturated heterocycles. The molecule has 0 bridgehead atoms. The minimum absolute atomic E-state index is 0.0652. The van der Waals surface area contributed by atoms with Crippen LogP contribution < -0.4 is 4.74 Å². The second-order valence-corrected chi connectivity index (χ2v) is 5.35. The van der Waals surface area contributed by atoms with Crippen molar-refractivity contribution in [1.82, 2.24) is 4.57 Å². The molecule has 116 valence electrons. The first-order valence-electron chi connectivity index (χ1n) is 6.57. The van der Waals surface area contributed by atoms with Gasteiger partial charge in [-0.2, -0.15) is 0 Å². The molecule has 0 fully saturated rings. The van der Waals surface area contributed by atoms with Gasteiger partial charge in [0.25, 0.3) is 0 Å². The smallest absolute Gasteiger partial charge is 0.340 e. The van der Waals surface area contributed by atoms with Crippen molar-refractivity contribution in [2.75, 3.05) is 13.7 Å². The fourth-order valence-electron chi connectivity index (χ4n) is 2.36. The lowest BCUT2D eigenvalue weighted by atomic mass is 10.1. The number of carbonyl (C=O) groups is 1. The lowest BCUT2D eigenvalue weighted by Gasteiger charge is -2.05. The van der Waals surface area contributed by atoms with Gasteiger partial charge in [0.15, 0.2) is 0 Å². The zero-order valence-electron chi connectivity index (χ0n) is 12.5. The van der Waals surface area contributed by atoms with Crippen molar-refractivity contribution in [2.24, 2.45) is 12.2 Å². The van der Waals surface area contributed by atoms with Crippen molar-refractivity contribution >= 4 is 32.8 Å². The van der Waals surface area contributed by atoms with E-state index in [1.165, 1.54) is 0 Å². The van der Waals surface area contributed by atoms with E-state index in [1.807, 2.05) is 10.6 Å². The highest BCUT2D eigenvalue weighted by atomic mass is 79.9. The number of benzene rings is 1. The summed E-state index contributed by atoms with van der Waals surface area (Å²) in [5, 5.41) is 4.29. The van der Waals surface area contributed by atoms with E-state index in [2.05, 4.69) is 26.0 Å². The molecule has 0 N–H and O–H groups in total. The van der Waals surface area contributed by atoms with E-state index < -0.39 is 5.97 Å². The number of halogens is 1. The van der Waals surface area contributed by atoms with Crippen LogP contribution in [-0.2, 0) is 18.3 Å². The molecule has 22 heavy (non-hydrogen) atoms. The molecular weight excluding hydrogens is 352 g/mol. The van der Waals surface area contributed by atoms with Crippen LogP contribution in [0.25, 0.3) is 21.3 Å². The second-order valence-electron chi connectivity index (χ2n) is 4.49. The number of hydrogen-bond donors (Lipinski definition) is 0. The molecule has 1 aromatic heterocycles. The third-order valence-electron chi connectivity index (χ3n) is 3.36. The Labute approximate surface area is 135 Å². The highest BCUT2D eigenvalue weighted by Crippen LogP contribution is 2.35. The largest absolute Gasteiger partial charge is 0.495 e. The van der Waals surface area contributed by atoms with Gasteiger partial charge in [0.2, 0.25) is 0 Å². The van der Waals surface area contributed by atoms with Crippen LogP contribution in [0.1, 0.15) is 23.0 Å². The summed E-state index contributed by atoms with van der Waals surface area (Å²) in [6.07, 6.45) is 0.